The van der Waals surface area contributed by atoms with Gasteiger partial charge in [0.25, 0.3) is 17.6 Å². The van der Waals surface area contributed by atoms with Gasteiger partial charge in [0, 0.05) is 31.3 Å². The zero-order chi connectivity index (χ0) is 23.2. The lowest BCUT2D eigenvalue weighted by atomic mass is 9.82. The lowest BCUT2D eigenvalue weighted by Gasteiger charge is -2.34. The van der Waals surface area contributed by atoms with Crippen LogP contribution in [-0.2, 0) is 24.7 Å². The minimum Gasteiger partial charge on any atom is -0.507 e. The monoisotopic (exact) mass is 438 g/mol. The van der Waals surface area contributed by atoms with Crippen LogP contribution in [0.15, 0.2) is 48.0 Å². The second-order valence-corrected chi connectivity index (χ2v) is 7.74. The molecule has 2 aromatic rings. The molecule has 0 aliphatic carbocycles. The number of fused-ring (bicyclic) bond motifs is 2. The van der Waals surface area contributed by atoms with Crippen molar-refractivity contribution < 1.29 is 28.6 Å². The normalized spacial score (nSPS) is 21.7. The molecular weight excluding hydrogens is 415 g/mol. The van der Waals surface area contributed by atoms with E-state index in [0.29, 0.717) is 23.4 Å². The molecule has 2 amide bonds. The fourth-order valence-corrected chi connectivity index (χ4v) is 4.55. The third-order valence-corrected chi connectivity index (χ3v) is 6.09. The summed E-state index contributed by atoms with van der Waals surface area (Å²) >= 11 is 0. The van der Waals surface area contributed by atoms with Crippen molar-refractivity contribution in [2.75, 3.05) is 31.7 Å². The van der Waals surface area contributed by atoms with Crippen molar-refractivity contribution in [2.24, 2.45) is 0 Å². The molecule has 0 saturated carbocycles. The number of hydrogen-bond acceptors (Lipinski definition) is 5. The first-order chi connectivity index (χ1) is 15.3. The molecule has 1 spiro atoms. The Kier molecular flexibility index (Phi) is 5.34. The van der Waals surface area contributed by atoms with Crippen molar-refractivity contribution in [1.29, 1.82) is 0 Å². The van der Waals surface area contributed by atoms with Gasteiger partial charge in [-0.3, -0.25) is 14.4 Å². The topological polar surface area (TPSA) is 87.2 Å². The number of hydrogen-bond donors (Lipinski definition) is 1. The van der Waals surface area contributed by atoms with Crippen LogP contribution < -0.4 is 4.90 Å². The van der Waals surface area contributed by atoms with Gasteiger partial charge in [0.15, 0.2) is 5.54 Å². The van der Waals surface area contributed by atoms with Crippen LogP contribution in [0, 0.1) is 12.7 Å². The maximum Gasteiger partial charge on any atom is 0.296 e. The summed E-state index contributed by atoms with van der Waals surface area (Å²) in [6.45, 7) is 3.68. The van der Waals surface area contributed by atoms with E-state index < -0.39 is 34.7 Å². The zero-order valence-electron chi connectivity index (χ0n) is 18.0. The van der Waals surface area contributed by atoms with Crippen molar-refractivity contribution >= 4 is 29.0 Å². The first-order valence-corrected chi connectivity index (χ1v) is 10.3. The molecular formula is C24H23FN2O5. The van der Waals surface area contributed by atoms with Gasteiger partial charge >= 0.3 is 0 Å². The third-order valence-electron chi connectivity index (χ3n) is 6.09. The molecule has 0 radical (unpaired) electrons. The van der Waals surface area contributed by atoms with Gasteiger partial charge in [-0.05, 0) is 31.5 Å². The number of halogens is 1. The van der Waals surface area contributed by atoms with E-state index in [1.54, 1.807) is 38.1 Å². The highest BCUT2D eigenvalue weighted by Crippen LogP contribution is 2.53. The molecule has 2 aromatic carbocycles. The standard InChI is InChI=1S/C24H23FN2O5/c1-4-26-18-8-6-5-7-16(18)24(23(26)31)19(21(29)22(30)27(24)11-12-32-3)20(28)15-10-9-14(2)17(25)13-15/h5-10,13,28H,4,11-12H2,1-3H3/t24-/m0/s1. The molecule has 2 aliphatic rings. The van der Waals surface area contributed by atoms with Crippen molar-refractivity contribution in [2.45, 2.75) is 19.4 Å². The van der Waals surface area contributed by atoms with Crippen LogP contribution in [0.3, 0.4) is 0 Å². The number of benzene rings is 2. The van der Waals surface area contributed by atoms with Gasteiger partial charge in [-0.1, -0.05) is 30.3 Å². The minimum absolute atomic E-state index is 0.0115. The van der Waals surface area contributed by atoms with Crippen LogP contribution >= 0.6 is 0 Å². The molecule has 0 aromatic heterocycles. The maximum atomic E-state index is 14.3. The summed E-state index contributed by atoms with van der Waals surface area (Å²) < 4.78 is 19.4. The number of rotatable bonds is 5. The molecule has 1 atom stereocenters. The smallest absolute Gasteiger partial charge is 0.296 e. The summed E-state index contributed by atoms with van der Waals surface area (Å²) in [5, 5.41) is 11.2. The highest BCUT2D eigenvalue weighted by atomic mass is 19.1. The zero-order valence-corrected chi connectivity index (χ0v) is 18.0. The Morgan fingerprint density at radius 3 is 2.53 bits per heavy atom. The maximum absolute atomic E-state index is 14.3. The number of likely N-dealkylation sites (N-methyl/N-ethyl adjacent to an activating group) is 1. The van der Waals surface area contributed by atoms with Gasteiger partial charge in [0.05, 0.1) is 17.9 Å². The van der Waals surface area contributed by atoms with Crippen LogP contribution in [0.2, 0.25) is 0 Å². The molecule has 2 heterocycles. The van der Waals surface area contributed by atoms with E-state index in [1.807, 2.05) is 0 Å². The van der Waals surface area contributed by atoms with Gasteiger partial charge in [0.1, 0.15) is 11.6 Å². The van der Waals surface area contributed by atoms with Crippen molar-refractivity contribution in [3.63, 3.8) is 0 Å². The number of carbonyl (C=O) groups is 3. The Balaban J connectivity index is 2.07. The molecule has 1 saturated heterocycles. The lowest BCUT2D eigenvalue weighted by Crippen LogP contribution is -2.52. The Hall–Kier alpha value is -3.52. The average molecular weight is 438 g/mol. The Bertz CT molecular complexity index is 1170. The number of carbonyl (C=O) groups excluding carboxylic acids is 3. The van der Waals surface area contributed by atoms with Crippen LogP contribution in [0.5, 0.6) is 0 Å². The Morgan fingerprint density at radius 2 is 1.88 bits per heavy atom. The SMILES string of the molecule is CCN1C(=O)[C@@]2(C(=C(O)c3ccc(C)c(F)c3)C(=O)C(=O)N2CCOC)c2ccccc21. The number of Topliss-reactive ketones (excluding diaryl/α,β-unsaturated/α-hetero) is 1. The number of ketones is 1. The van der Waals surface area contributed by atoms with E-state index in [0.717, 1.165) is 11.0 Å². The van der Waals surface area contributed by atoms with Gasteiger partial charge < -0.3 is 19.6 Å². The second-order valence-electron chi connectivity index (χ2n) is 7.74. The highest BCUT2D eigenvalue weighted by Gasteiger charge is 2.66. The number of nitrogens with zero attached hydrogens (tertiary/aromatic N) is 2. The summed E-state index contributed by atoms with van der Waals surface area (Å²) in [5.74, 6) is -3.61. The van der Waals surface area contributed by atoms with Gasteiger partial charge in [-0.15, -0.1) is 0 Å². The Labute approximate surface area is 184 Å². The largest absolute Gasteiger partial charge is 0.507 e. The van der Waals surface area contributed by atoms with E-state index in [-0.39, 0.29) is 24.3 Å². The van der Waals surface area contributed by atoms with Crippen LogP contribution in [0.1, 0.15) is 23.6 Å². The highest BCUT2D eigenvalue weighted by molar-refractivity contribution is 6.50. The predicted molar refractivity (Wildman–Crippen MR) is 115 cm³/mol. The summed E-state index contributed by atoms with van der Waals surface area (Å²) in [6.07, 6.45) is 0. The number of aryl methyl sites for hydroxylation is 1. The number of likely N-dealkylation sites (tertiary alicyclic amines) is 1. The van der Waals surface area contributed by atoms with E-state index in [1.165, 1.54) is 24.1 Å². The molecule has 1 fully saturated rings. The molecule has 0 unspecified atom stereocenters. The fourth-order valence-electron chi connectivity index (χ4n) is 4.55. The molecule has 32 heavy (non-hydrogen) atoms. The fraction of sp³-hybridized carbons (Fsp3) is 0.292. The molecule has 8 heteroatoms. The van der Waals surface area contributed by atoms with Crippen LogP contribution in [0.4, 0.5) is 10.1 Å². The molecule has 1 N–H and O–H groups in total. The lowest BCUT2D eigenvalue weighted by molar-refractivity contribution is -0.144. The summed E-state index contributed by atoms with van der Waals surface area (Å²) in [4.78, 5) is 42.9. The summed E-state index contributed by atoms with van der Waals surface area (Å²) in [5.41, 5.74) is -0.893. The number of aliphatic hydroxyl groups excluding tert-OH is 1. The number of ether oxygens (including phenoxy) is 1. The first kappa shape index (κ1) is 21.7. The molecule has 4 rings (SSSR count). The number of anilines is 1. The number of para-hydroxylation sites is 1. The third kappa shape index (κ3) is 2.79. The van der Waals surface area contributed by atoms with E-state index in [9.17, 15) is 23.9 Å². The van der Waals surface area contributed by atoms with Gasteiger partial charge in [-0.2, -0.15) is 0 Å². The average Bonchev–Trinajstić information content (AvgIpc) is 3.16. The number of amides is 2. The second kappa shape index (κ2) is 7.87. The van der Waals surface area contributed by atoms with Crippen LogP contribution in [0.25, 0.3) is 5.76 Å². The molecule has 166 valence electrons. The summed E-state index contributed by atoms with van der Waals surface area (Å²) in [7, 11) is 1.45. The summed E-state index contributed by atoms with van der Waals surface area (Å²) in [6, 6.07) is 10.8. The number of aliphatic hydroxyl groups is 1. The van der Waals surface area contributed by atoms with E-state index in [4.69, 9.17) is 4.74 Å². The van der Waals surface area contributed by atoms with Crippen molar-refractivity contribution in [1.82, 2.24) is 4.90 Å². The first-order valence-electron chi connectivity index (χ1n) is 10.3. The van der Waals surface area contributed by atoms with Crippen molar-refractivity contribution in [3.05, 3.63) is 70.5 Å². The van der Waals surface area contributed by atoms with E-state index in [2.05, 4.69) is 0 Å². The minimum atomic E-state index is -1.86. The molecule has 2 aliphatic heterocycles. The predicted octanol–water partition coefficient (Wildman–Crippen LogP) is 2.72. The van der Waals surface area contributed by atoms with E-state index >= 15 is 0 Å². The van der Waals surface area contributed by atoms with Crippen LogP contribution in [-0.4, -0.2) is 54.4 Å². The quantitative estimate of drug-likeness (QED) is 0.441. The molecule has 7 nitrogen and oxygen atoms in total. The van der Waals surface area contributed by atoms with Crippen molar-refractivity contribution in [3.8, 4) is 0 Å². The van der Waals surface area contributed by atoms with Gasteiger partial charge in [-0.25, -0.2) is 4.39 Å². The Morgan fingerprint density at radius 1 is 1.16 bits per heavy atom. The molecule has 0 bridgehead atoms. The van der Waals surface area contributed by atoms with Gasteiger partial charge in [0.2, 0.25) is 0 Å². The number of methoxy groups -OCH3 is 1.